The topological polar surface area (TPSA) is 64.4 Å². The summed E-state index contributed by atoms with van der Waals surface area (Å²) >= 11 is 0. The Bertz CT molecular complexity index is 249. The van der Waals surface area contributed by atoms with Crippen molar-refractivity contribution >= 4 is 5.91 Å². The summed E-state index contributed by atoms with van der Waals surface area (Å²) in [6.45, 7) is 3.36. The maximum Gasteiger partial charge on any atom is 0.240 e. The summed E-state index contributed by atoms with van der Waals surface area (Å²) in [5, 5.41) is 3.05. The number of rotatable bonds is 3. The number of ether oxygens (including phenoxy) is 1. The lowest BCUT2D eigenvalue weighted by molar-refractivity contribution is -0.130. The third-order valence-electron chi connectivity index (χ3n) is 3.60. The molecule has 0 aromatic heterocycles. The molecule has 4 heteroatoms. The molecule has 0 aromatic rings. The summed E-state index contributed by atoms with van der Waals surface area (Å²) < 4.78 is 5.22. The van der Waals surface area contributed by atoms with Gasteiger partial charge in [-0.15, -0.1) is 0 Å². The number of carbonyl (C=O) groups excluding carboxylic acids is 1. The Morgan fingerprint density at radius 3 is 2.73 bits per heavy atom. The molecule has 1 saturated carbocycles. The minimum Gasteiger partial charge on any atom is -0.381 e. The first-order chi connectivity index (χ1) is 7.15. The van der Waals surface area contributed by atoms with Crippen LogP contribution in [0.4, 0.5) is 0 Å². The number of nitrogens with two attached hydrogens (primary N) is 1. The zero-order valence-corrected chi connectivity index (χ0v) is 9.29. The first-order valence-electron chi connectivity index (χ1n) is 5.83. The zero-order valence-electron chi connectivity index (χ0n) is 9.29. The minimum atomic E-state index is -0.681. The van der Waals surface area contributed by atoms with Gasteiger partial charge in [0.2, 0.25) is 5.91 Å². The zero-order chi connectivity index (χ0) is 10.9. The van der Waals surface area contributed by atoms with Gasteiger partial charge in [0.15, 0.2) is 0 Å². The van der Waals surface area contributed by atoms with Gasteiger partial charge in [-0.1, -0.05) is 13.3 Å². The van der Waals surface area contributed by atoms with Crippen LogP contribution in [0.2, 0.25) is 0 Å². The number of nitrogens with one attached hydrogen (secondary N) is 1. The predicted octanol–water partition coefficient (Wildman–Crippen LogP) is 0.409. The molecular formula is C11H20N2O2. The molecule has 1 aliphatic heterocycles. The fraction of sp³-hybridized carbons (Fsp3) is 0.909. The Labute approximate surface area is 90.5 Å². The minimum absolute atomic E-state index is 0.0201. The van der Waals surface area contributed by atoms with E-state index in [1.165, 1.54) is 0 Å². The van der Waals surface area contributed by atoms with Gasteiger partial charge < -0.3 is 15.8 Å². The molecule has 3 N–H and O–H groups in total. The first-order valence-corrected chi connectivity index (χ1v) is 5.83. The van der Waals surface area contributed by atoms with Gasteiger partial charge in [0, 0.05) is 19.3 Å². The van der Waals surface area contributed by atoms with Crippen molar-refractivity contribution in [3.8, 4) is 0 Å². The van der Waals surface area contributed by atoms with Crippen LogP contribution in [0.25, 0.3) is 0 Å². The van der Waals surface area contributed by atoms with Gasteiger partial charge >= 0.3 is 0 Å². The number of amides is 1. The third-order valence-corrected chi connectivity index (χ3v) is 3.60. The molecule has 86 valence electrons. The van der Waals surface area contributed by atoms with Crippen LogP contribution in [0.1, 0.15) is 32.6 Å². The van der Waals surface area contributed by atoms with E-state index in [4.69, 9.17) is 10.5 Å². The molecule has 15 heavy (non-hydrogen) atoms. The molecule has 0 radical (unpaired) electrons. The highest BCUT2D eigenvalue weighted by atomic mass is 16.5. The summed E-state index contributed by atoms with van der Waals surface area (Å²) in [6.07, 6.45) is 3.55. The monoisotopic (exact) mass is 212 g/mol. The second-order valence-corrected chi connectivity index (χ2v) is 4.75. The van der Waals surface area contributed by atoms with Crippen molar-refractivity contribution in [2.45, 2.75) is 44.2 Å². The van der Waals surface area contributed by atoms with E-state index in [0.29, 0.717) is 38.0 Å². The van der Waals surface area contributed by atoms with Crippen LogP contribution >= 0.6 is 0 Å². The highest BCUT2D eigenvalue weighted by Gasteiger charge is 2.42. The Morgan fingerprint density at radius 2 is 2.20 bits per heavy atom. The predicted molar refractivity (Wildman–Crippen MR) is 57.3 cm³/mol. The molecule has 2 atom stereocenters. The molecule has 0 bridgehead atoms. The SMILES string of the molecule is CCC1CC1NC(=O)C1(N)CCOCC1. The van der Waals surface area contributed by atoms with Crippen LogP contribution < -0.4 is 11.1 Å². The lowest BCUT2D eigenvalue weighted by Gasteiger charge is -2.31. The van der Waals surface area contributed by atoms with E-state index in [0.717, 1.165) is 12.8 Å². The Hall–Kier alpha value is -0.610. The standard InChI is InChI=1S/C11H20N2O2/c1-2-8-7-9(8)13-10(14)11(12)3-5-15-6-4-11/h8-9H,2-7,12H2,1H3,(H,13,14). The average molecular weight is 212 g/mol. The van der Waals surface area contributed by atoms with Crippen molar-refractivity contribution in [1.82, 2.24) is 5.32 Å². The van der Waals surface area contributed by atoms with E-state index in [2.05, 4.69) is 12.2 Å². The van der Waals surface area contributed by atoms with Crippen LogP contribution in [0.15, 0.2) is 0 Å². The van der Waals surface area contributed by atoms with E-state index in [-0.39, 0.29) is 5.91 Å². The molecule has 4 nitrogen and oxygen atoms in total. The molecular weight excluding hydrogens is 192 g/mol. The molecule has 2 rings (SSSR count). The van der Waals surface area contributed by atoms with Crippen molar-refractivity contribution < 1.29 is 9.53 Å². The Balaban J connectivity index is 1.84. The summed E-state index contributed by atoms with van der Waals surface area (Å²) in [5.74, 6) is 0.698. The van der Waals surface area contributed by atoms with Crippen LogP contribution in [-0.4, -0.2) is 30.7 Å². The molecule has 2 unspecified atom stereocenters. The number of carbonyl (C=O) groups is 1. The molecule has 1 heterocycles. The van der Waals surface area contributed by atoms with Crippen molar-refractivity contribution in [2.24, 2.45) is 11.7 Å². The maximum atomic E-state index is 11.9. The van der Waals surface area contributed by atoms with Crippen LogP contribution in [0, 0.1) is 5.92 Å². The second kappa shape index (κ2) is 4.10. The van der Waals surface area contributed by atoms with E-state index in [1.807, 2.05) is 0 Å². The summed E-state index contributed by atoms with van der Waals surface area (Å²) in [6, 6.07) is 0.380. The van der Waals surface area contributed by atoms with E-state index in [1.54, 1.807) is 0 Å². The Morgan fingerprint density at radius 1 is 1.53 bits per heavy atom. The van der Waals surface area contributed by atoms with E-state index >= 15 is 0 Å². The van der Waals surface area contributed by atoms with Crippen molar-refractivity contribution in [2.75, 3.05) is 13.2 Å². The largest absolute Gasteiger partial charge is 0.381 e. The van der Waals surface area contributed by atoms with Gasteiger partial charge in [-0.25, -0.2) is 0 Å². The molecule has 1 saturated heterocycles. The van der Waals surface area contributed by atoms with Crippen LogP contribution in [0.5, 0.6) is 0 Å². The van der Waals surface area contributed by atoms with Gasteiger partial charge in [-0.05, 0) is 25.2 Å². The molecule has 0 aromatic carbocycles. The highest BCUT2D eigenvalue weighted by Crippen LogP contribution is 2.33. The molecule has 1 amide bonds. The molecule has 0 spiro atoms. The average Bonchev–Trinajstić information content (AvgIpc) is 2.97. The lowest BCUT2D eigenvalue weighted by Crippen LogP contribution is -2.57. The quantitative estimate of drug-likeness (QED) is 0.712. The van der Waals surface area contributed by atoms with E-state index in [9.17, 15) is 4.79 Å². The van der Waals surface area contributed by atoms with Gasteiger partial charge in [0.05, 0.1) is 5.54 Å². The fourth-order valence-electron chi connectivity index (χ4n) is 2.15. The third kappa shape index (κ3) is 2.32. The van der Waals surface area contributed by atoms with Crippen molar-refractivity contribution in [3.63, 3.8) is 0 Å². The smallest absolute Gasteiger partial charge is 0.240 e. The van der Waals surface area contributed by atoms with E-state index < -0.39 is 5.54 Å². The summed E-state index contributed by atoms with van der Waals surface area (Å²) in [4.78, 5) is 11.9. The van der Waals surface area contributed by atoms with Gasteiger partial charge in [0.25, 0.3) is 0 Å². The Kier molecular flexibility index (Phi) is 2.98. The van der Waals surface area contributed by atoms with Crippen LogP contribution in [0.3, 0.4) is 0 Å². The summed E-state index contributed by atoms with van der Waals surface area (Å²) in [7, 11) is 0. The van der Waals surface area contributed by atoms with Crippen LogP contribution in [-0.2, 0) is 9.53 Å². The van der Waals surface area contributed by atoms with Crippen molar-refractivity contribution in [3.05, 3.63) is 0 Å². The summed E-state index contributed by atoms with van der Waals surface area (Å²) in [5.41, 5.74) is 5.39. The highest BCUT2D eigenvalue weighted by molar-refractivity contribution is 5.86. The number of hydrogen-bond donors (Lipinski definition) is 2. The molecule has 2 fully saturated rings. The maximum absolute atomic E-state index is 11.9. The molecule has 1 aliphatic carbocycles. The first kappa shape index (κ1) is 10.9. The van der Waals surface area contributed by atoms with Gasteiger partial charge in [-0.3, -0.25) is 4.79 Å². The normalized spacial score (nSPS) is 33.5. The number of hydrogen-bond acceptors (Lipinski definition) is 3. The second-order valence-electron chi connectivity index (χ2n) is 4.75. The lowest BCUT2D eigenvalue weighted by atomic mass is 9.90. The molecule has 2 aliphatic rings. The van der Waals surface area contributed by atoms with Gasteiger partial charge in [0.1, 0.15) is 0 Å². The fourth-order valence-corrected chi connectivity index (χ4v) is 2.15. The van der Waals surface area contributed by atoms with Gasteiger partial charge in [-0.2, -0.15) is 0 Å². The van der Waals surface area contributed by atoms with Crippen molar-refractivity contribution in [1.29, 1.82) is 0 Å².